The van der Waals surface area contributed by atoms with Gasteiger partial charge >= 0.3 is 0 Å². The van der Waals surface area contributed by atoms with Gasteiger partial charge in [-0.3, -0.25) is 0 Å². The molecule has 2 heteroatoms. The van der Waals surface area contributed by atoms with Crippen molar-refractivity contribution in [2.75, 3.05) is 0 Å². The minimum absolute atomic E-state index is 0.316. The van der Waals surface area contributed by atoms with E-state index in [-0.39, 0.29) is 5.79 Å². The fraction of sp³-hybridized carbons (Fsp3) is 1.00. The van der Waals surface area contributed by atoms with Gasteiger partial charge in [0.15, 0.2) is 5.79 Å². The second kappa shape index (κ2) is 12.3. The average molecular weight is 341 g/mol. The molecule has 0 radical (unpaired) electrons. The molecule has 1 heterocycles. The van der Waals surface area contributed by atoms with Gasteiger partial charge in [0, 0.05) is 0 Å². The van der Waals surface area contributed by atoms with Crippen LogP contribution in [0.25, 0.3) is 0 Å². The minimum Gasteiger partial charge on any atom is -0.345 e. The molecule has 1 aliphatic rings. The standard InChI is InChI=1S/C22H44O2/c1-6-7-8-9-10-11-12-13-17-20-21(24-22(4,5)23-20)18-15-14-16-19(2)3/h19-21H,6-18H2,1-5H3/t20-,21+/m1/s1. The monoisotopic (exact) mass is 340 g/mol. The van der Waals surface area contributed by atoms with Gasteiger partial charge in [-0.05, 0) is 32.6 Å². The van der Waals surface area contributed by atoms with E-state index in [0.717, 1.165) is 12.3 Å². The molecule has 0 spiro atoms. The lowest BCUT2D eigenvalue weighted by molar-refractivity contribution is -0.147. The molecule has 0 N–H and O–H groups in total. The highest BCUT2D eigenvalue weighted by atomic mass is 16.7. The Bertz CT molecular complexity index is 298. The van der Waals surface area contributed by atoms with Crippen molar-refractivity contribution in [2.45, 2.75) is 136 Å². The Morgan fingerprint density at radius 2 is 1.17 bits per heavy atom. The van der Waals surface area contributed by atoms with Crippen LogP contribution >= 0.6 is 0 Å². The molecule has 0 aromatic heterocycles. The molecule has 2 nitrogen and oxygen atoms in total. The second-order valence-electron chi connectivity index (χ2n) is 8.65. The molecule has 1 saturated heterocycles. The maximum absolute atomic E-state index is 6.18. The number of rotatable bonds is 14. The Kier molecular flexibility index (Phi) is 11.3. The fourth-order valence-electron chi connectivity index (χ4n) is 3.78. The van der Waals surface area contributed by atoms with Crippen LogP contribution in [-0.4, -0.2) is 18.0 Å². The number of hydrogen-bond acceptors (Lipinski definition) is 2. The lowest BCUT2D eigenvalue weighted by Gasteiger charge is -2.17. The third kappa shape index (κ3) is 10.0. The summed E-state index contributed by atoms with van der Waals surface area (Å²) in [6.45, 7) is 11.0. The van der Waals surface area contributed by atoms with Gasteiger partial charge < -0.3 is 9.47 Å². The number of unbranched alkanes of at least 4 members (excludes halogenated alkanes) is 8. The number of hydrogen-bond donors (Lipinski definition) is 0. The van der Waals surface area contributed by atoms with Gasteiger partial charge in [-0.1, -0.05) is 91.4 Å². The van der Waals surface area contributed by atoms with Crippen molar-refractivity contribution in [1.29, 1.82) is 0 Å². The van der Waals surface area contributed by atoms with Gasteiger partial charge in [0.05, 0.1) is 12.2 Å². The molecular weight excluding hydrogens is 296 g/mol. The molecular formula is C22H44O2. The quantitative estimate of drug-likeness (QED) is 0.310. The van der Waals surface area contributed by atoms with Gasteiger partial charge in [0.2, 0.25) is 0 Å². The topological polar surface area (TPSA) is 18.5 Å². The van der Waals surface area contributed by atoms with Crippen molar-refractivity contribution >= 4 is 0 Å². The van der Waals surface area contributed by atoms with Crippen LogP contribution in [0.5, 0.6) is 0 Å². The maximum atomic E-state index is 6.18. The van der Waals surface area contributed by atoms with Crippen LogP contribution in [0.2, 0.25) is 0 Å². The molecule has 1 fully saturated rings. The van der Waals surface area contributed by atoms with E-state index in [1.54, 1.807) is 0 Å². The Balaban J connectivity index is 2.15. The highest BCUT2D eigenvalue weighted by Gasteiger charge is 2.40. The lowest BCUT2D eigenvalue weighted by Crippen LogP contribution is -2.22. The van der Waals surface area contributed by atoms with E-state index in [9.17, 15) is 0 Å². The van der Waals surface area contributed by atoms with E-state index in [0.29, 0.717) is 12.2 Å². The van der Waals surface area contributed by atoms with Crippen molar-refractivity contribution in [3.05, 3.63) is 0 Å². The van der Waals surface area contributed by atoms with Crippen LogP contribution in [0.1, 0.15) is 118 Å². The first kappa shape index (κ1) is 22.0. The van der Waals surface area contributed by atoms with Crippen molar-refractivity contribution in [3.63, 3.8) is 0 Å². The zero-order chi connectivity index (χ0) is 17.8. The zero-order valence-electron chi connectivity index (χ0n) is 17.2. The molecule has 24 heavy (non-hydrogen) atoms. The summed E-state index contributed by atoms with van der Waals surface area (Å²) >= 11 is 0. The highest BCUT2D eigenvalue weighted by molar-refractivity contribution is 4.81. The fourth-order valence-corrected chi connectivity index (χ4v) is 3.78. The Morgan fingerprint density at radius 1 is 0.708 bits per heavy atom. The van der Waals surface area contributed by atoms with Crippen LogP contribution < -0.4 is 0 Å². The Morgan fingerprint density at radius 3 is 1.67 bits per heavy atom. The molecule has 0 aliphatic carbocycles. The van der Waals surface area contributed by atoms with Crippen molar-refractivity contribution in [2.24, 2.45) is 5.92 Å². The van der Waals surface area contributed by atoms with Gasteiger partial charge in [-0.2, -0.15) is 0 Å². The van der Waals surface area contributed by atoms with Gasteiger partial charge in [0.25, 0.3) is 0 Å². The first-order chi connectivity index (χ1) is 11.4. The third-order valence-corrected chi connectivity index (χ3v) is 5.15. The van der Waals surface area contributed by atoms with Crippen LogP contribution in [0.15, 0.2) is 0 Å². The Hall–Kier alpha value is -0.0800. The second-order valence-corrected chi connectivity index (χ2v) is 8.65. The van der Waals surface area contributed by atoms with Crippen molar-refractivity contribution < 1.29 is 9.47 Å². The van der Waals surface area contributed by atoms with E-state index >= 15 is 0 Å². The molecule has 2 atom stereocenters. The summed E-state index contributed by atoms with van der Waals surface area (Å²) < 4.78 is 12.3. The minimum atomic E-state index is -0.381. The summed E-state index contributed by atoms with van der Waals surface area (Å²) in [5.74, 6) is 0.434. The summed E-state index contributed by atoms with van der Waals surface area (Å²) in [6, 6.07) is 0. The van der Waals surface area contributed by atoms with Crippen LogP contribution in [0.3, 0.4) is 0 Å². The Labute approximate surface area is 152 Å². The molecule has 0 aromatic carbocycles. The van der Waals surface area contributed by atoms with Crippen molar-refractivity contribution in [1.82, 2.24) is 0 Å². The predicted octanol–water partition coefficient (Wildman–Crippen LogP) is 7.25. The average Bonchev–Trinajstić information content (AvgIpc) is 2.80. The lowest BCUT2D eigenvalue weighted by atomic mass is 9.98. The normalized spacial score (nSPS) is 23.2. The van der Waals surface area contributed by atoms with Crippen LogP contribution in [0.4, 0.5) is 0 Å². The molecule has 0 bridgehead atoms. The molecule has 0 unspecified atom stereocenters. The summed E-state index contributed by atoms with van der Waals surface area (Å²) in [6.07, 6.45) is 17.9. The first-order valence-electron chi connectivity index (χ1n) is 10.8. The third-order valence-electron chi connectivity index (χ3n) is 5.15. The zero-order valence-corrected chi connectivity index (χ0v) is 17.2. The predicted molar refractivity (Wildman–Crippen MR) is 104 cm³/mol. The maximum Gasteiger partial charge on any atom is 0.163 e. The number of ether oxygens (including phenoxy) is 2. The molecule has 1 rings (SSSR count). The summed E-state index contributed by atoms with van der Waals surface area (Å²) in [5.41, 5.74) is 0. The van der Waals surface area contributed by atoms with E-state index in [1.807, 2.05) is 0 Å². The van der Waals surface area contributed by atoms with E-state index in [1.165, 1.54) is 77.0 Å². The van der Waals surface area contributed by atoms with E-state index < -0.39 is 0 Å². The summed E-state index contributed by atoms with van der Waals surface area (Å²) in [4.78, 5) is 0. The summed E-state index contributed by atoms with van der Waals surface area (Å²) in [7, 11) is 0. The molecule has 1 aliphatic heterocycles. The van der Waals surface area contributed by atoms with Gasteiger partial charge in [-0.25, -0.2) is 0 Å². The molecule has 144 valence electrons. The molecule has 0 aromatic rings. The highest BCUT2D eigenvalue weighted by Crippen LogP contribution is 2.33. The smallest absolute Gasteiger partial charge is 0.163 e. The SMILES string of the molecule is CCCCCCCCCC[C@H]1OC(C)(C)O[C@H]1CCCCC(C)C. The molecule has 0 amide bonds. The van der Waals surface area contributed by atoms with Crippen LogP contribution in [0, 0.1) is 5.92 Å². The summed E-state index contributed by atoms with van der Waals surface area (Å²) in [5, 5.41) is 0. The van der Waals surface area contributed by atoms with Gasteiger partial charge in [0.1, 0.15) is 0 Å². The van der Waals surface area contributed by atoms with Crippen LogP contribution in [-0.2, 0) is 9.47 Å². The van der Waals surface area contributed by atoms with Crippen molar-refractivity contribution in [3.8, 4) is 0 Å². The first-order valence-corrected chi connectivity index (χ1v) is 10.8. The van der Waals surface area contributed by atoms with Gasteiger partial charge in [-0.15, -0.1) is 0 Å². The van der Waals surface area contributed by atoms with E-state index in [4.69, 9.17) is 9.47 Å². The molecule has 0 saturated carbocycles. The largest absolute Gasteiger partial charge is 0.345 e. The van der Waals surface area contributed by atoms with E-state index in [2.05, 4.69) is 34.6 Å².